The molecule has 3 amide bonds. The monoisotopic (exact) mass is 418 g/mol. The van der Waals surface area contributed by atoms with Crippen LogP contribution < -0.4 is 0 Å². The zero-order valence-corrected chi connectivity index (χ0v) is 17.9. The van der Waals surface area contributed by atoms with Crippen molar-refractivity contribution >= 4 is 17.7 Å². The van der Waals surface area contributed by atoms with E-state index in [1.165, 1.54) is 10.5 Å². The van der Waals surface area contributed by atoms with Gasteiger partial charge in [-0.3, -0.25) is 19.3 Å². The van der Waals surface area contributed by atoms with Gasteiger partial charge in [-0.05, 0) is 30.4 Å². The molecule has 0 spiro atoms. The Morgan fingerprint density at radius 3 is 1.97 bits per heavy atom. The van der Waals surface area contributed by atoms with Crippen LogP contribution in [0.4, 0.5) is 0 Å². The van der Waals surface area contributed by atoms with Gasteiger partial charge < -0.3 is 4.90 Å². The zero-order chi connectivity index (χ0) is 21.6. The highest BCUT2D eigenvalue weighted by Crippen LogP contribution is 2.38. The molecule has 1 heterocycles. The molecular weight excluding hydrogens is 388 g/mol. The van der Waals surface area contributed by atoms with Gasteiger partial charge in [0.2, 0.25) is 17.7 Å². The largest absolute Gasteiger partial charge is 0.338 e. The van der Waals surface area contributed by atoms with Crippen molar-refractivity contribution in [1.29, 1.82) is 0 Å². The first-order valence-electron chi connectivity index (χ1n) is 11.3. The van der Waals surface area contributed by atoms with Gasteiger partial charge in [0.15, 0.2) is 0 Å². The number of rotatable bonds is 8. The Kier molecular flexibility index (Phi) is 6.80. The second-order valence-electron chi connectivity index (χ2n) is 8.61. The van der Waals surface area contributed by atoms with Gasteiger partial charge >= 0.3 is 0 Å². The molecule has 1 aliphatic carbocycles. The smallest absolute Gasteiger partial charge is 0.233 e. The Hall–Kier alpha value is -2.95. The molecule has 5 nitrogen and oxygen atoms in total. The summed E-state index contributed by atoms with van der Waals surface area (Å²) in [7, 11) is 0. The van der Waals surface area contributed by atoms with Gasteiger partial charge in [0.1, 0.15) is 0 Å². The summed E-state index contributed by atoms with van der Waals surface area (Å²) in [6, 6.07) is 20.1. The highest BCUT2D eigenvalue weighted by Gasteiger charge is 2.47. The number of hydrogen-bond acceptors (Lipinski definition) is 3. The lowest BCUT2D eigenvalue weighted by atomic mass is 9.81. The average molecular weight is 419 g/mol. The van der Waals surface area contributed by atoms with Crippen molar-refractivity contribution in [2.75, 3.05) is 13.1 Å². The van der Waals surface area contributed by atoms with E-state index >= 15 is 0 Å². The number of fused-ring (bicyclic) bond motifs is 1. The molecular formula is C26H30N2O3. The predicted molar refractivity (Wildman–Crippen MR) is 119 cm³/mol. The maximum Gasteiger partial charge on any atom is 0.233 e. The first kappa shape index (κ1) is 21.3. The Labute approximate surface area is 184 Å². The molecule has 2 aliphatic rings. The minimum atomic E-state index is -0.158. The molecule has 2 fully saturated rings. The molecule has 2 atom stereocenters. The van der Waals surface area contributed by atoms with Crippen molar-refractivity contribution in [2.24, 2.45) is 11.8 Å². The van der Waals surface area contributed by atoms with E-state index in [1.807, 2.05) is 53.4 Å². The summed E-state index contributed by atoms with van der Waals surface area (Å²) in [6.07, 6.45) is 4.58. The lowest BCUT2D eigenvalue weighted by Gasteiger charge is -2.24. The van der Waals surface area contributed by atoms with E-state index in [0.29, 0.717) is 13.1 Å². The van der Waals surface area contributed by atoms with Crippen LogP contribution in [0.5, 0.6) is 0 Å². The van der Waals surface area contributed by atoms with Gasteiger partial charge in [0.05, 0.1) is 11.8 Å². The normalized spacial score (nSPS) is 20.6. The Bertz CT molecular complexity index is 889. The lowest BCUT2D eigenvalue weighted by Crippen LogP contribution is -2.38. The van der Waals surface area contributed by atoms with Gasteiger partial charge in [-0.1, -0.05) is 73.5 Å². The summed E-state index contributed by atoms with van der Waals surface area (Å²) < 4.78 is 0. The SMILES string of the molecule is O=C(CCN1C(=O)C2CCCCC2C1=O)N(CCc1ccccc1)Cc1ccccc1. The van der Waals surface area contributed by atoms with Crippen molar-refractivity contribution in [1.82, 2.24) is 9.80 Å². The van der Waals surface area contributed by atoms with E-state index in [0.717, 1.165) is 37.7 Å². The van der Waals surface area contributed by atoms with Crippen LogP contribution in [-0.4, -0.2) is 40.6 Å². The van der Waals surface area contributed by atoms with Crippen LogP contribution in [0, 0.1) is 11.8 Å². The third kappa shape index (κ3) is 5.04. The molecule has 162 valence electrons. The number of imide groups is 1. The first-order valence-corrected chi connectivity index (χ1v) is 11.3. The highest BCUT2D eigenvalue weighted by molar-refractivity contribution is 6.05. The van der Waals surface area contributed by atoms with Crippen LogP contribution in [0.25, 0.3) is 0 Å². The summed E-state index contributed by atoms with van der Waals surface area (Å²) >= 11 is 0. The fourth-order valence-electron chi connectivity index (χ4n) is 4.82. The van der Waals surface area contributed by atoms with Crippen LogP contribution in [0.15, 0.2) is 60.7 Å². The molecule has 31 heavy (non-hydrogen) atoms. The molecule has 2 unspecified atom stereocenters. The number of amides is 3. The third-order valence-corrected chi connectivity index (χ3v) is 6.56. The molecule has 0 aromatic heterocycles. The van der Waals surface area contributed by atoms with Gasteiger partial charge in [0.25, 0.3) is 0 Å². The summed E-state index contributed by atoms with van der Waals surface area (Å²) in [5, 5.41) is 0. The first-order chi connectivity index (χ1) is 15.1. The van der Waals surface area contributed by atoms with E-state index in [9.17, 15) is 14.4 Å². The van der Waals surface area contributed by atoms with Crippen molar-refractivity contribution < 1.29 is 14.4 Å². The van der Waals surface area contributed by atoms with Crippen LogP contribution in [0.3, 0.4) is 0 Å². The number of likely N-dealkylation sites (tertiary alicyclic amines) is 1. The van der Waals surface area contributed by atoms with Crippen LogP contribution in [0.2, 0.25) is 0 Å². The zero-order valence-electron chi connectivity index (χ0n) is 17.9. The van der Waals surface area contributed by atoms with Crippen molar-refractivity contribution in [3.8, 4) is 0 Å². The molecule has 5 heteroatoms. The summed E-state index contributed by atoms with van der Waals surface area (Å²) in [5.74, 6) is -0.470. The van der Waals surface area contributed by atoms with Crippen molar-refractivity contribution in [2.45, 2.75) is 45.1 Å². The van der Waals surface area contributed by atoms with E-state index in [-0.39, 0.29) is 42.5 Å². The van der Waals surface area contributed by atoms with E-state index in [2.05, 4.69) is 12.1 Å². The summed E-state index contributed by atoms with van der Waals surface area (Å²) in [6.45, 7) is 1.32. The molecule has 2 aromatic carbocycles. The Morgan fingerprint density at radius 2 is 1.39 bits per heavy atom. The number of carbonyl (C=O) groups is 3. The Balaban J connectivity index is 1.40. The average Bonchev–Trinajstić information content (AvgIpc) is 3.06. The van der Waals surface area contributed by atoms with E-state index < -0.39 is 0 Å². The minimum Gasteiger partial charge on any atom is -0.338 e. The number of carbonyl (C=O) groups excluding carboxylic acids is 3. The predicted octanol–water partition coefficient (Wildman–Crippen LogP) is 3.82. The fraction of sp³-hybridized carbons (Fsp3) is 0.423. The Morgan fingerprint density at radius 1 is 0.839 bits per heavy atom. The topological polar surface area (TPSA) is 57.7 Å². The molecule has 1 saturated carbocycles. The molecule has 1 aliphatic heterocycles. The van der Waals surface area contributed by atoms with E-state index in [1.54, 1.807) is 0 Å². The fourth-order valence-corrected chi connectivity index (χ4v) is 4.82. The van der Waals surface area contributed by atoms with Gasteiger partial charge in [-0.25, -0.2) is 0 Å². The maximum atomic E-state index is 13.1. The van der Waals surface area contributed by atoms with Crippen molar-refractivity contribution in [3.63, 3.8) is 0 Å². The second-order valence-corrected chi connectivity index (χ2v) is 8.61. The quantitative estimate of drug-likeness (QED) is 0.613. The molecule has 4 rings (SSSR count). The molecule has 1 saturated heterocycles. The molecule has 0 N–H and O–H groups in total. The third-order valence-electron chi connectivity index (χ3n) is 6.56. The summed E-state index contributed by atoms with van der Waals surface area (Å²) in [4.78, 5) is 41.8. The van der Waals surface area contributed by atoms with Gasteiger partial charge in [-0.2, -0.15) is 0 Å². The van der Waals surface area contributed by atoms with Crippen molar-refractivity contribution in [3.05, 3.63) is 71.8 Å². The molecule has 0 radical (unpaired) electrons. The number of nitrogens with zero attached hydrogens (tertiary/aromatic N) is 2. The minimum absolute atomic E-state index is 0.0183. The van der Waals surface area contributed by atoms with Crippen LogP contribution >= 0.6 is 0 Å². The maximum absolute atomic E-state index is 13.1. The second kappa shape index (κ2) is 9.90. The number of hydrogen-bond donors (Lipinski definition) is 0. The number of benzene rings is 2. The lowest BCUT2D eigenvalue weighted by molar-refractivity contribution is -0.141. The van der Waals surface area contributed by atoms with Crippen LogP contribution in [0.1, 0.15) is 43.2 Å². The molecule has 2 aromatic rings. The summed E-state index contributed by atoms with van der Waals surface area (Å²) in [5.41, 5.74) is 2.26. The molecule has 0 bridgehead atoms. The van der Waals surface area contributed by atoms with E-state index in [4.69, 9.17) is 0 Å². The van der Waals surface area contributed by atoms with Gasteiger partial charge in [-0.15, -0.1) is 0 Å². The standard InChI is InChI=1S/C26H30N2O3/c29-24(16-18-28-25(30)22-13-7-8-14-23(22)26(28)31)27(19-21-11-5-2-6-12-21)17-15-20-9-3-1-4-10-20/h1-6,9-12,22-23H,7-8,13-19H2. The van der Waals surface area contributed by atoms with Crippen LogP contribution in [-0.2, 0) is 27.3 Å². The highest BCUT2D eigenvalue weighted by atomic mass is 16.2. The van der Waals surface area contributed by atoms with Gasteiger partial charge in [0, 0.05) is 26.1 Å².